The van der Waals surface area contributed by atoms with Gasteiger partial charge in [0.15, 0.2) is 6.34 Å². The maximum absolute atomic E-state index is 12.4. The Bertz CT molecular complexity index is 805. The van der Waals surface area contributed by atoms with E-state index in [9.17, 15) is 9.59 Å². The maximum Gasteiger partial charge on any atom is 0.324 e. The first kappa shape index (κ1) is 18.3. The van der Waals surface area contributed by atoms with Crippen LogP contribution < -0.4 is 15.1 Å². The molecule has 2 amide bonds. The highest BCUT2D eigenvalue weighted by atomic mass is 79.9. The summed E-state index contributed by atoms with van der Waals surface area (Å²) < 4.78 is 6.55. The third-order valence-corrected chi connectivity index (χ3v) is 4.23. The first-order valence-corrected chi connectivity index (χ1v) is 8.88. The molecule has 0 spiro atoms. The van der Waals surface area contributed by atoms with E-state index in [1.54, 1.807) is 6.92 Å². The molecule has 2 aliphatic heterocycles. The van der Waals surface area contributed by atoms with Crippen LogP contribution >= 0.6 is 15.9 Å². The third kappa shape index (κ3) is 4.36. The largest absolute Gasteiger partial charge is 0.493 e. The number of carbonyl (C=O) groups is 2. The number of benzene rings is 1. The van der Waals surface area contributed by atoms with Crippen molar-refractivity contribution in [3.63, 3.8) is 0 Å². The minimum atomic E-state index is -0.289. The van der Waals surface area contributed by atoms with E-state index in [-0.39, 0.29) is 18.4 Å². The van der Waals surface area contributed by atoms with E-state index >= 15 is 0 Å². The van der Waals surface area contributed by atoms with Crippen LogP contribution in [0.25, 0.3) is 0 Å². The predicted octanol–water partition coefficient (Wildman–Crippen LogP) is 1.53. The van der Waals surface area contributed by atoms with Crippen molar-refractivity contribution in [1.29, 1.82) is 0 Å². The average molecular weight is 420 g/mol. The first-order valence-electron chi connectivity index (χ1n) is 8.09. The highest BCUT2D eigenvalue weighted by Crippen LogP contribution is 2.19. The molecule has 8 nitrogen and oxygen atoms in total. The molecule has 2 aliphatic rings. The van der Waals surface area contributed by atoms with E-state index < -0.39 is 0 Å². The summed E-state index contributed by atoms with van der Waals surface area (Å²) in [5.41, 5.74) is 0.963. The van der Waals surface area contributed by atoms with Crippen molar-refractivity contribution >= 4 is 40.4 Å². The molecule has 135 valence electrons. The second kappa shape index (κ2) is 8.24. The lowest BCUT2D eigenvalue weighted by molar-refractivity contribution is -0.130. The number of ether oxygens (including phenoxy) is 1. The molecule has 0 unspecified atom stereocenters. The number of rotatable bonds is 7. The summed E-state index contributed by atoms with van der Waals surface area (Å²) in [6, 6.07) is 7.57. The van der Waals surface area contributed by atoms with Crippen LogP contribution in [0.2, 0.25) is 0 Å². The van der Waals surface area contributed by atoms with Gasteiger partial charge in [-0.25, -0.2) is 0 Å². The predicted molar refractivity (Wildman–Crippen MR) is 101 cm³/mol. The van der Waals surface area contributed by atoms with Gasteiger partial charge in [-0.05, 0) is 36.6 Å². The van der Waals surface area contributed by atoms with Gasteiger partial charge >= 0.3 is 11.6 Å². The number of nitrogens with zero attached hydrogens (tertiary/aromatic N) is 4. The van der Waals surface area contributed by atoms with Gasteiger partial charge in [0, 0.05) is 11.0 Å². The van der Waals surface area contributed by atoms with E-state index in [2.05, 4.69) is 31.3 Å². The van der Waals surface area contributed by atoms with Gasteiger partial charge in [-0.1, -0.05) is 22.0 Å². The number of allylic oxidation sites excluding steroid dienone is 1. The Labute approximate surface area is 159 Å². The van der Waals surface area contributed by atoms with Crippen LogP contribution in [0, 0.1) is 0 Å². The number of fused-ring (bicyclic) bond motifs is 1. The lowest BCUT2D eigenvalue weighted by Gasteiger charge is -2.18. The summed E-state index contributed by atoms with van der Waals surface area (Å²) in [5, 5.41) is 8.26. The molecule has 1 aromatic carbocycles. The topological polar surface area (TPSA) is 89.3 Å². The molecule has 1 aromatic rings. The van der Waals surface area contributed by atoms with Crippen molar-refractivity contribution in [3.05, 3.63) is 40.1 Å². The van der Waals surface area contributed by atoms with Gasteiger partial charge in [-0.15, -0.1) is 0 Å². The fourth-order valence-corrected chi connectivity index (χ4v) is 2.82. The Kier molecular flexibility index (Phi) is 5.79. The Hall–Kier alpha value is -2.52. The molecule has 0 saturated carbocycles. The van der Waals surface area contributed by atoms with Crippen LogP contribution in [0.5, 0.6) is 5.75 Å². The fraction of sp³-hybridized carbons (Fsp3) is 0.294. The zero-order chi connectivity index (χ0) is 18.5. The third-order valence-electron chi connectivity index (χ3n) is 3.73. The molecule has 26 heavy (non-hydrogen) atoms. The summed E-state index contributed by atoms with van der Waals surface area (Å²) in [5.74, 6) is 0.230. The van der Waals surface area contributed by atoms with E-state index in [1.807, 2.05) is 24.3 Å². The number of amides is 2. The van der Waals surface area contributed by atoms with Crippen LogP contribution in [-0.4, -0.2) is 49.1 Å². The number of hydrogen-bond acceptors (Lipinski definition) is 6. The maximum atomic E-state index is 12.4. The number of nitrogens with one attached hydrogen (secondary N) is 1. The van der Waals surface area contributed by atoms with Gasteiger partial charge in [0.05, 0.1) is 11.6 Å². The monoisotopic (exact) mass is 419 g/mol. The molecule has 1 N–H and O–H groups in total. The summed E-state index contributed by atoms with van der Waals surface area (Å²) in [6.45, 7) is 2.59. The Balaban J connectivity index is 1.39. The second-order valence-corrected chi connectivity index (χ2v) is 6.61. The van der Waals surface area contributed by atoms with Crippen molar-refractivity contribution in [2.24, 2.45) is 10.1 Å². The molecule has 0 saturated heterocycles. The molecule has 0 aliphatic carbocycles. The highest BCUT2D eigenvalue weighted by Gasteiger charge is 2.42. The standard InChI is InChI=1S/C17H18BrN5O3/c1-12-16-17(25)22(11-21-23(16)10-20-12)9-15(24)19-6-3-7-26-14-5-2-4-13(18)8-14/h2,4-5,8,10-11H,3,6-7,9H2,1H3,(H,19,24)/q+1. The van der Waals surface area contributed by atoms with Gasteiger partial charge in [0.2, 0.25) is 5.91 Å². The minimum Gasteiger partial charge on any atom is -0.493 e. The summed E-state index contributed by atoms with van der Waals surface area (Å²) in [6.07, 6.45) is 3.47. The van der Waals surface area contributed by atoms with Gasteiger partial charge in [0.25, 0.3) is 6.34 Å². The molecule has 9 heteroatoms. The lowest BCUT2D eigenvalue weighted by Crippen LogP contribution is -2.46. The van der Waals surface area contributed by atoms with Gasteiger partial charge in [0.1, 0.15) is 18.0 Å². The molecule has 3 rings (SSSR count). The molecule has 2 heterocycles. The van der Waals surface area contributed by atoms with E-state index in [1.165, 1.54) is 22.6 Å². The van der Waals surface area contributed by atoms with Crippen LogP contribution in [0.3, 0.4) is 0 Å². The van der Waals surface area contributed by atoms with Crippen molar-refractivity contribution < 1.29 is 14.3 Å². The van der Waals surface area contributed by atoms with E-state index in [4.69, 9.17) is 4.74 Å². The number of hydrogen-bond donors (Lipinski definition) is 1. The number of hydrazone groups is 1. The number of carbonyl (C=O) groups excluding carboxylic acids is 2. The van der Waals surface area contributed by atoms with E-state index in [0.717, 1.165) is 10.2 Å². The molecule has 1 radical (unpaired) electrons. The molecular weight excluding hydrogens is 402 g/mol. The zero-order valence-electron chi connectivity index (χ0n) is 14.2. The van der Waals surface area contributed by atoms with Crippen LogP contribution in [-0.2, 0) is 9.59 Å². The normalized spacial score (nSPS) is 16.2. The van der Waals surface area contributed by atoms with Gasteiger partial charge < -0.3 is 10.1 Å². The fourth-order valence-electron chi connectivity index (χ4n) is 2.44. The van der Waals surface area contributed by atoms with Crippen LogP contribution in [0.15, 0.2) is 50.2 Å². The lowest BCUT2D eigenvalue weighted by atomic mass is 10.3. The summed E-state index contributed by atoms with van der Waals surface area (Å²) >= 11 is 3.38. The molecular formula is C17H18BrN5O3+. The summed E-state index contributed by atoms with van der Waals surface area (Å²) in [7, 11) is 0. The smallest absolute Gasteiger partial charge is 0.324 e. The molecule has 0 aromatic heterocycles. The van der Waals surface area contributed by atoms with E-state index in [0.29, 0.717) is 31.0 Å². The zero-order valence-corrected chi connectivity index (χ0v) is 15.8. The summed E-state index contributed by atoms with van der Waals surface area (Å²) in [4.78, 5) is 29.7. The highest BCUT2D eigenvalue weighted by molar-refractivity contribution is 9.10. The van der Waals surface area contributed by atoms with Crippen molar-refractivity contribution in [1.82, 2.24) is 15.2 Å². The number of aliphatic imine (C=N–C) groups is 1. The Morgan fingerprint density at radius 3 is 3.08 bits per heavy atom. The molecule has 0 fully saturated rings. The average Bonchev–Trinajstić information content (AvgIpc) is 2.99. The quantitative estimate of drug-likeness (QED) is 0.536. The Morgan fingerprint density at radius 1 is 1.42 bits per heavy atom. The molecule has 0 bridgehead atoms. The van der Waals surface area contributed by atoms with Crippen molar-refractivity contribution in [3.8, 4) is 5.75 Å². The van der Waals surface area contributed by atoms with Crippen LogP contribution in [0.4, 0.5) is 0 Å². The number of halogens is 1. The second-order valence-electron chi connectivity index (χ2n) is 5.70. The molecule has 0 atom stereocenters. The first-order chi connectivity index (χ1) is 12.5. The van der Waals surface area contributed by atoms with Crippen molar-refractivity contribution in [2.75, 3.05) is 19.7 Å². The van der Waals surface area contributed by atoms with Crippen molar-refractivity contribution in [2.45, 2.75) is 13.3 Å². The minimum absolute atomic E-state index is 0.0839. The SMILES string of the molecule is CC1=C2C(=O)N(CC(=O)NCCCOc3cccc(Br)c3)C=N[N+]2C=N1. The van der Waals surface area contributed by atoms with Crippen LogP contribution in [0.1, 0.15) is 13.3 Å². The Morgan fingerprint density at radius 2 is 2.27 bits per heavy atom. The van der Waals surface area contributed by atoms with Gasteiger partial charge in [-0.3, -0.25) is 14.5 Å². The van der Waals surface area contributed by atoms with Gasteiger partial charge in [-0.2, -0.15) is 4.99 Å².